The Hall–Kier alpha value is -2.72. The molecule has 0 N–H and O–H groups in total. The van der Waals surface area contributed by atoms with E-state index in [-0.39, 0.29) is 6.04 Å². The molecular weight excluding hydrogens is 328 g/mol. The van der Waals surface area contributed by atoms with Crippen LogP contribution < -0.4 is 4.90 Å². The lowest BCUT2D eigenvalue weighted by Crippen LogP contribution is -2.33. The Balaban J connectivity index is 1.70. The van der Waals surface area contributed by atoms with Gasteiger partial charge >= 0.3 is 0 Å². The Morgan fingerprint density at radius 3 is 2.60 bits per heavy atom. The van der Waals surface area contributed by atoms with Gasteiger partial charge in [0, 0.05) is 44.3 Å². The maximum atomic E-state index is 11.8. The number of carbonyl (C=O) groups is 1. The summed E-state index contributed by atoms with van der Waals surface area (Å²) in [6, 6.07) is 18.8. The number of thiophene rings is 1. The number of benzene rings is 2. The lowest BCUT2D eigenvalue weighted by Gasteiger charge is -2.25. The Bertz CT molecular complexity index is 1030. The third kappa shape index (κ3) is 3.01. The molecular formula is C21H18N2OS. The van der Waals surface area contributed by atoms with E-state index in [0.29, 0.717) is 0 Å². The summed E-state index contributed by atoms with van der Waals surface area (Å²) in [5.74, 6) is 0. The first kappa shape index (κ1) is 15.8. The highest BCUT2D eigenvalue weighted by atomic mass is 32.1. The zero-order chi connectivity index (χ0) is 17.2. The van der Waals surface area contributed by atoms with Crippen LogP contribution in [0.3, 0.4) is 0 Å². The predicted octanol–water partition coefficient (Wildman–Crippen LogP) is 5.04. The molecule has 124 valence electrons. The molecule has 3 nitrogen and oxygen atoms in total. The van der Waals surface area contributed by atoms with Gasteiger partial charge in [-0.2, -0.15) is 0 Å². The minimum atomic E-state index is 0.0715. The molecule has 1 unspecified atom stereocenters. The minimum absolute atomic E-state index is 0.0715. The van der Waals surface area contributed by atoms with Crippen molar-refractivity contribution in [1.82, 2.24) is 4.98 Å². The van der Waals surface area contributed by atoms with Crippen molar-refractivity contribution in [2.75, 3.05) is 4.90 Å². The number of rotatable bonds is 5. The van der Waals surface area contributed by atoms with Crippen molar-refractivity contribution >= 4 is 43.6 Å². The van der Waals surface area contributed by atoms with Crippen LogP contribution in [0.15, 0.2) is 67.0 Å². The number of pyridine rings is 1. The number of amides is 1. The van der Waals surface area contributed by atoms with E-state index in [1.54, 1.807) is 23.7 Å². The first-order valence-corrected chi connectivity index (χ1v) is 9.12. The molecule has 0 radical (unpaired) electrons. The maximum Gasteiger partial charge on any atom is 0.214 e. The van der Waals surface area contributed by atoms with Crippen molar-refractivity contribution in [3.8, 4) is 0 Å². The molecule has 25 heavy (non-hydrogen) atoms. The third-order valence-corrected chi connectivity index (χ3v) is 5.68. The van der Waals surface area contributed by atoms with Crippen molar-refractivity contribution in [3.05, 3.63) is 72.6 Å². The van der Waals surface area contributed by atoms with Gasteiger partial charge in [-0.15, -0.1) is 11.3 Å². The second-order valence-electron chi connectivity index (χ2n) is 6.20. The molecule has 1 atom stereocenters. The smallest absolute Gasteiger partial charge is 0.214 e. The van der Waals surface area contributed by atoms with Crippen LogP contribution in [0.2, 0.25) is 0 Å². The predicted molar refractivity (Wildman–Crippen MR) is 105 cm³/mol. The fraction of sp³-hybridized carbons (Fsp3) is 0.143. The molecule has 0 aliphatic carbocycles. The summed E-state index contributed by atoms with van der Waals surface area (Å²) < 4.78 is 2.52. The Morgan fingerprint density at radius 2 is 1.80 bits per heavy atom. The van der Waals surface area contributed by atoms with Crippen LogP contribution in [0, 0.1) is 0 Å². The van der Waals surface area contributed by atoms with Crippen molar-refractivity contribution in [1.29, 1.82) is 0 Å². The SMILES string of the molecule is CC(Cc1ccncc1)N(C=O)c1ccc2sc3ccccc3c2c1. The second-order valence-corrected chi connectivity index (χ2v) is 7.28. The summed E-state index contributed by atoms with van der Waals surface area (Å²) in [4.78, 5) is 17.7. The monoisotopic (exact) mass is 346 g/mol. The van der Waals surface area contributed by atoms with E-state index in [1.807, 2.05) is 23.1 Å². The van der Waals surface area contributed by atoms with E-state index in [0.717, 1.165) is 18.5 Å². The van der Waals surface area contributed by atoms with Crippen molar-refractivity contribution in [2.24, 2.45) is 0 Å². The summed E-state index contributed by atoms with van der Waals surface area (Å²) in [6.07, 6.45) is 5.30. The average molecular weight is 346 g/mol. The van der Waals surface area contributed by atoms with Crippen LogP contribution >= 0.6 is 11.3 Å². The molecule has 0 aliphatic heterocycles. The highest BCUT2D eigenvalue weighted by molar-refractivity contribution is 7.25. The second kappa shape index (κ2) is 6.65. The Morgan fingerprint density at radius 1 is 1.04 bits per heavy atom. The number of anilines is 1. The normalized spacial score (nSPS) is 12.4. The summed E-state index contributed by atoms with van der Waals surface area (Å²) >= 11 is 1.79. The first-order valence-electron chi connectivity index (χ1n) is 8.30. The van der Waals surface area contributed by atoms with Crippen LogP contribution in [0.5, 0.6) is 0 Å². The highest BCUT2D eigenvalue weighted by Crippen LogP contribution is 2.36. The van der Waals surface area contributed by atoms with Crippen LogP contribution in [0.1, 0.15) is 12.5 Å². The molecule has 4 aromatic rings. The van der Waals surface area contributed by atoms with Crippen molar-refractivity contribution in [3.63, 3.8) is 0 Å². The number of aromatic nitrogens is 1. The van der Waals surface area contributed by atoms with Crippen LogP contribution in [0.25, 0.3) is 20.2 Å². The molecule has 0 saturated carbocycles. The first-order chi connectivity index (χ1) is 12.3. The van der Waals surface area contributed by atoms with Gasteiger partial charge in [0.1, 0.15) is 0 Å². The molecule has 0 bridgehead atoms. The van der Waals surface area contributed by atoms with Crippen molar-refractivity contribution < 1.29 is 4.79 Å². The molecule has 1 amide bonds. The van der Waals surface area contributed by atoms with Gasteiger partial charge in [-0.05, 0) is 55.3 Å². The van der Waals surface area contributed by atoms with E-state index in [1.165, 1.54) is 25.7 Å². The van der Waals surface area contributed by atoms with Crippen LogP contribution in [0.4, 0.5) is 5.69 Å². The lowest BCUT2D eigenvalue weighted by molar-refractivity contribution is -0.107. The van der Waals surface area contributed by atoms with Gasteiger partial charge in [0.2, 0.25) is 6.41 Å². The van der Waals surface area contributed by atoms with Gasteiger partial charge in [-0.1, -0.05) is 18.2 Å². The molecule has 4 rings (SSSR count). The van der Waals surface area contributed by atoms with Gasteiger partial charge in [-0.25, -0.2) is 0 Å². The molecule has 0 spiro atoms. The van der Waals surface area contributed by atoms with E-state index >= 15 is 0 Å². The molecule has 2 aromatic carbocycles. The largest absolute Gasteiger partial charge is 0.312 e. The molecule has 2 heterocycles. The molecule has 0 saturated heterocycles. The highest BCUT2D eigenvalue weighted by Gasteiger charge is 2.16. The quantitative estimate of drug-likeness (QED) is 0.474. The fourth-order valence-electron chi connectivity index (χ4n) is 3.25. The minimum Gasteiger partial charge on any atom is -0.312 e. The van der Waals surface area contributed by atoms with Crippen LogP contribution in [-0.4, -0.2) is 17.4 Å². The van der Waals surface area contributed by atoms with Crippen molar-refractivity contribution in [2.45, 2.75) is 19.4 Å². The number of hydrogen-bond donors (Lipinski definition) is 0. The van der Waals surface area contributed by atoms with E-state index < -0.39 is 0 Å². The van der Waals surface area contributed by atoms with Gasteiger partial charge < -0.3 is 4.90 Å². The Labute approximate surface area is 150 Å². The zero-order valence-electron chi connectivity index (χ0n) is 13.9. The summed E-state index contributed by atoms with van der Waals surface area (Å²) in [5.41, 5.74) is 2.11. The van der Waals surface area contributed by atoms with Gasteiger partial charge in [0.25, 0.3) is 0 Å². The third-order valence-electron chi connectivity index (χ3n) is 4.53. The van der Waals surface area contributed by atoms with E-state index in [2.05, 4.69) is 48.3 Å². The number of hydrogen-bond acceptors (Lipinski definition) is 3. The number of fused-ring (bicyclic) bond motifs is 3. The summed E-state index contributed by atoms with van der Waals surface area (Å²) in [7, 11) is 0. The van der Waals surface area contributed by atoms with E-state index in [9.17, 15) is 4.79 Å². The zero-order valence-corrected chi connectivity index (χ0v) is 14.7. The number of carbonyl (C=O) groups excluding carboxylic acids is 1. The van der Waals surface area contributed by atoms with Gasteiger partial charge in [-0.3, -0.25) is 9.78 Å². The molecule has 2 aromatic heterocycles. The number of nitrogens with zero attached hydrogens (tertiary/aromatic N) is 2. The maximum absolute atomic E-state index is 11.8. The fourth-order valence-corrected chi connectivity index (χ4v) is 4.34. The topological polar surface area (TPSA) is 33.2 Å². The Kier molecular flexibility index (Phi) is 4.20. The average Bonchev–Trinajstić information content (AvgIpc) is 3.01. The molecule has 0 fully saturated rings. The summed E-state index contributed by atoms with van der Waals surface area (Å²) in [6.45, 7) is 2.07. The van der Waals surface area contributed by atoms with Gasteiger partial charge in [0.05, 0.1) is 0 Å². The van der Waals surface area contributed by atoms with E-state index in [4.69, 9.17) is 0 Å². The lowest BCUT2D eigenvalue weighted by atomic mass is 10.1. The van der Waals surface area contributed by atoms with Crippen LogP contribution in [-0.2, 0) is 11.2 Å². The molecule has 0 aliphatic rings. The standard InChI is InChI=1S/C21H18N2OS/c1-15(12-16-8-10-22-11-9-16)23(14-24)17-6-7-21-19(13-17)18-4-2-3-5-20(18)25-21/h2-11,13-15H,12H2,1H3. The molecule has 4 heteroatoms. The summed E-state index contributed by atoms with van der Waals surface area (Å²) in [5, 5.41) is 2.46. The van der Waals surface area contributed by atoms with Gasteiger partial charge in [0.15, 0.2) is 0 Å².